The molecule has 10 atom stereocenters. The fourth-order valence-electron chi connectivity index (χ4n) is 12.0. The van der Waals surface area contributed by atoms with Crippen LogP contribution in [0.15, 0.2) is 81.2 Å². The van der Waals surface area contributed by atoms with Crippen molar-refractivity contribution in [3.8, 4) is 5.69 Å². The Morgan fingerprint density at radius 2 is 1.57 bits per heavy atom. The Morgan fingerprint density at radius 3 is 2.27 bits per heavy atom. The molecule has 3 saturated carbocycles. The topological polar surface area (TPSA) is 133 Å². The minimum absolute atomic E-state index is 0.0396. The van der Waals surface area contributed by atoms with Crippen LogP contribution in [0.2, 0.25) is 0 Å². The van der Waals surface area contributed by atoms with Crippen molar-refractivity contribution < 1.29 is 22.8 Å². The lowest BCUT2D eigenvalue weighted by atomic mass is 9.37. The highest BCUT2D eigenvalue weighted by atomic mass is 32.2. The summed E-state index contributed by atoms with van der Waals surface area (Å²) in [7, 11) is -3.94. The number of aryl methyl sites for hydroxylation is 1. The second-order valence-electron chi connectivity index (χ2n) is 16.4. The van der Waals surface area contributed by atoms with Crippen LogP contribution in [-0.4, -0.2) is 50.9 Å². The predicted octanol–water partition coefficient (Wildman–Crippen LogP) is 4.48. The maximum Gasteiger partial charge on any atom is 0.352 e. The molecule has 0 radical (unpaired) electrons. The summed E-state index contributed by atoms with van der Waals surface area (Å²) in [4.78, 5) is 29.7. The normalized spacial score (nSPS) is 39.6. The van der Waals surface area contributed by atoms with Gasteiger partial charge < -0.3 is 10.2 Å². The molecule has 10 nitrogen and oxygen atoms in total. The van der Waals surface area contributed by atoms with E-state index in [2.05, 4.69) is 26.8 Å². The number of hydrogen-bond acceptors (Lipinski definition) is 7. The number of fused-ring (bicyclic) bond motifs is 1. The number of aliphatic hydroxyl groups is 2. The van der Waals surface area contributed by atoms with E-state index in [0.717, 1.165) is 24.8 Å². The van der Waals surface area contributed by atoms with E-state index >= 15 is 0 Å². The van der Waals surface area contributed by atoms with Crippen LogP contribution in [0.3, 0.4) is 0 Å². The van der Waals surface area contributed by atoms with E-state index in [1.165, 1.54) is 4.57 Å². The van der Waals surface area contributed by atoms with Gasteiger partial charge >= 0.3 is 11.4 Å². The first-order valence-corrected chi connectivity index (χ1v) is 19.1. The van der Waals surface area contributed by atoms with Gasteiger partial charge in [0.1, 0.15) is 0 Å². The van der Waals surface area contributed by atoms with Gasteiger partial charge in [-0.3, -0.25) is 4.18 Å². The van der Waals surface area contributed by atoms with Crippen LogP contribution in [-0.2, 0) is 25.4 Å². The van der Waals surface area contributed by atoms with E-state index in [4.69, 9.17) is 4.18 Å². The lowest BCUT2D eigenvalue weighted by molar-refractivity contribution is -0.273. The summed E-state index contributed by atoms with van der Waals surface area (Å²) >= 11 is 0. The van der Waals surface area contributed by atoms with Gasteiger partial charge in [-0.2, -0.15) is 8.42 Å². The molecule has 49 heavy (non-hydrogen) atoms. The third kappa shape index (κ3) is 4.01. The van der Waals surface area contributed by atoms with Crippen molar-refractivity contribution in [1.82, 2.24) is 13.9 Å². The first kappa shape index (κ1) is 32.9. The average molecular weight is 690 g/mol. The van der Waals surface area contributed by atoms with Crippen molar-refractivity contribution >= 4 is 10.1 Å². The molecule has 4 aliphatic carbocycles. The number of benzene rings is 2. The van der Waals surface area contributed by atoms with E-state index in [-0.39, 0.29) is 53.4 Å². The molecule has 3 aromatic rings. The molecule has 262 valence electrons. The zero-order chi connectivity index (χ0) is 34.9. The minimum atomic E-state index is -3.94. The first-order valence-electron chi connectivity index (χ1n) is 17.7. The summed E-state index contributed by atoms with van der Waals surface area (Å²) in [5, 5.41) is 23.6. The summed E-state index contributed by atoms with van der Waals surface area (Å²) in [6.07, 6.45) is 6.82. The van der Waals surface area contributed by atoms with Crippen LogP contribution in [0.1, 0.15) is 71.8 Å². The van der Waals surface area contributed by atoms with Gasteiger partial charge in [0.05, 0.1) is 40.0 Å². The van der Waals surface area contributed by atoms with E-state index in [9.17, 15) is 28.2 Å². The van der Waals surface area contributed by atoms with E-state index < -0.39 is 49.7 Å². The Balaban J connectivity index is 1.25. The van der Waals surface area contributed by atoms with Crippen molar-refractivity contribution in [2.45, 2.75) is 101 Å². The molecule has 11 heteroatoms. The van der Waals surface area contributed by atoms with Gasteiger partial charge in [-0.25, -0.2) is 23.5 Å². The van der Waals surface area contributed by atoms with Crippen LogP contribution in [0.25, 0.3) is 5.69 Å². The molecule has 0 unspecified atom stereocenters. The number of nitrogens with zero attached hydrogens (tertiary/aromatic N) is 3. The van der Waals surface area contributed by atoms with Crippen molar-refractivity contribution in [2.75, 3.05) is 6.61 Å². The van der Waals surface area contributed by atoms with Gasteiger partial charge in [0.25, 0.3) is 10.1 Å². The lowest BCUT2D eigenvalue weighted by Gasteiger charge is -2.74. The summed E-state index contributed by atoms with van der Waals surface area (Å²) in [6, 6.07) is 15.6. The predicted molar refractivity (Wildman–Crippen MR) is 184 cm³/mol. The van der Waals surface area contributed by atoms with Gasteiger partial charge in [0, 0.05) is 18.3 Å². The van der Waals surface area contributed by atoms with Gasteiger partial charge in [0.15, 0.2) is 0 Å². The second-order valence-corrected chi connectivity index (χ2v) is 18.0. The fourth-order valence-corrected chi connectivity index (χ4v) is 13.0. The maximum absolute atomic E-state index is 14.8. The Bertz CT molecular complexity index is 2080. The third-order valence-corrected chi connectivity index (χ3v) is 15.5. The second kappa shape index (κ2) is 10.4. The van der Waals surface area contributed by atoms with Crippen LogP contribution in [0, 0.1) is 41.4 Å². The van der Waals surface area contributed by atoms with Gasteiger partial charge in [-0.15, -0.1) is 0 Å². The molecule has 6 aliphatic rings. The fraction of sp³-hybridized carbons (Fsp3) is 0.579. The molecule has 2 aliphatic heterocycles. The number of para-hydroxylation sites is 1. The third-order valence-electron chi connectivity index (χ3n) is 14.2. The monoisotopic (exact) mass is 689 g/mol. The lowest BCUT2D eigenvalue weighted by Crippen LogP contribution is -2.81. The van der Waals surface area contributed by atoms with Gasteiger partial charge in [-0.1, -0.05) is 68.8 Å². The summed E-state index contributed by atoms with van der Waals surface area (Å²) in [6.45, 7) is 10.1. The zero-order valence-electron chi connectivity index (χ0n) is 28.9. The number of aromatic nitrogens is 3. The van der Waals surface area contributed by atoms with Gasteiger partial charge in [-0.05, 0) is 92.9 Å². The van der Waals surface area contributed by atoms with Crippen molar-refractivity contribution in [3.63, 3.8) is 0 Å². The van der Waals surface area contributed by atoms with E-state index in [1.54, 1.807) is 64.8 Å². The Kier molecular flexibility index (Phi) is 6.99. The highest BCUT2D eigenvalue weighted by Crippen LogP contribution is 2.75. The van der Waals surface area contributed by atoms with Crippen LogP contribution < -0.4 is 11.4 Å². The molecule has 2 N–H and O–H groups in total. The zero-order valence-corrected chi connectivity index (χ0v) is 29.7. The molecule has 2 aromatic carbocycles. The highest BCUT2D eigenvalue weighted by molar-refractivity contribution is 7.86. The molecule has 2 spiro atoms. The minimum Gasteiger partial charge on any atom is -0.393 e. The molecular formula is C38H47N3O7S. The Morgan fingerprint density at radius 1 is 0.898 bits per heavy atom. The maximum atomic E-state index is 14.8. The summed E-state index contributed by atoms with van der Waals surface area (Å²) in [5.41, 5.74) is -4.01. The number of hydrogen-bond donors (Lipinski definition) is 2. The molecule has 9 rings (SSSR count). The standard InChI is InChI=1S/C38H47N3O7S/c1-24-11-13-28(14-12-24)49(46,47)48-23-25(2)29-15-16-30-34(29,3)18-17-31-36(5)35(4,45)21-27(42)22-37(36)19-20-38(30,31)41-33(44)39(32(43)40(37)41)26-9-7-6-8-10-26/h6-14,19-20,25,27,29-31,42,45H,15-18,21-23H2,1-5H3/t25-,27+,29-,30-,31-,34-,35+,36+,37-,38+/m1/s1. The van der Waals surface area contributed by atoms with Crippen molar-refractivity contribution in [1.29, 1.82) is 0 Å². The summed E-state index contributed by atoms with van der Waals surface area (Å²) in [5.74, 6) is -0.281. The van der Waals surface area contributed by atoms with Crippen LogP contribution in [0.5, 0.6) is 0 Å². The smallest absolute Gasteiger partial charge is 0.352 e. The van der Waals surface area contributed by atoms with E-state index in [0.29, 0.717) is 12.1 Å². The molecule has 0 saturated heterocycles. The number of aliphatic hydroxyl groups excluding tert-OH is 1. The quantitative estimate of drug-likeness (QED) is 0.288. The highest BCUT2D eigenvalue weighted by Gasteiger charge is 2.79. The SMILES string of the molecule is Cc1ccc(S(=O)(=O)OC[C@@H](C)[C@H]2CC[C@@H]3[C@]2(C)CC[C@H]2[C@]34C=C[C@]3(C[C@@H](O)C[C@](C)(O)[C@]23C)n2c(=O)n(-c3ccccc3)c(=O)n24)cc1. The van der Waals surface area contributed by atoms with Crippen LogP contribution in [0.4, 0.5) is 0 Å². The number of rotatable bonds is 6. The summed E-state index contributed by atoms with van der Waals surface area (Å²) < 4.78 is 36.6. The number of allylic oxidation sites excluding steroid dienone is 2. The molecule has 3 fully saturated rings. The van der Waals surface area contributed by atoms with Gasteiger partial charge in [0.2, 0.25) is 0 Å². The Hall–Kier alpha value is -3.25. The average Bonchev–Trinajstić information content (AvgIpc) is 3.55. The van der Waals surface area contributed by atoms with Crippen molar-refractivity contribution in [3.05, 3.63) is 93.3 Å². The van der Waals surface area contributed by atoms with Crippen molar-refractivity contribution in [2.24, 2.45) is 34.5 Å². The largest absolute Gasteiger partial charge is 0.393 e. The van der Waals surface area contributed by atoms with E-state index in [1.807, 2.05) is 19.1 Å². The molecule has 0 amide bonds. The molecular weight excluding hydrogens is 642 g/mol. The first-order chi connectivity index (χ1) is 23.0. The molecule has 1 aromatic heterocycles. The molecule has 3 heterocycles. The Labute approximate surface area is 287 Å². The molecule has 2 bridgehead atoms. The van der Waals surface area contributed by atoms with Crippen LogP contribution >= 0.6 is 0 Å².